The van der Waals surface area contributed by atoms with Crippen LogP contribution in [0.4, 0.5) is 10.8 Å². The minimum absolute atomic E-state index is 0.0351. The third kappa shape index (κ3) is 4.54. The predicted octanol–water partition coefficient (Wildman–Crippen LogP) is 5.29. The quantitative estimate of drug-likeness (QED) is 0.445. The Bertz CT molecular complexity index is 1280. The predicted molar refractivity (Wildman–Crippen MR) is 131 cm³/mol. The summed E-state index contributed by atoms with van der Waals surface area (Å²) in [6.07, 6.45) is 0.386. The molecule has 1 unspecified atom stereocenters. The normalized spacial score (nSPS) is 15.6. The van der Waals surface area contributed by atoms with Gasteiger partial charge >= 0.3 is 0 Å². The van der Waals surface area contributed by atoms with Gasteiger partial charge < -0.3 is 4.90 Å². The highest BCUT2D eigenvalue weighted by Crippen LogP contribution is 2.34. The zero-order valence-corrected chi connectivity index (χ0v) is 18.9. The van der Waals surface area contributed by atoms with Crippen LogP contribution >= 0.6 is 11.3 Å². The van der Waals surface area contributed by atoms with Gasteiger partial charge in [0.1, 0.15) is 5.01 Å². The van der Waals surface area contributed by atoms with E-state index >= 15 is 0 Å². The van der Waals surface area contributed by atoms with E-state index in [1.807, 2.05) is 73.7 Å². The van der Waals surface area contributed by atoms with Gasteiger partial charge in [0.25, 0.3) is 5.91 Å². The van der Waals surface area contributed by atoms with Crippen molar-refractivity contribution >= 4 is 34.0 Å². The average Bonchev–Trinajstić information content (AvgIpc) is 3.47. The molecule has 4 aromatic rings. The van der Waals surface area contributed by atoms with Crippen molar-refractivity contribution in [1.82, 2.24) is 10.2 Å². The lowest BCUT2D eigenvalue weighted by atomic mass is 10.0. The summed E-state index contributed by atoms with van der Waals surface area (Å²) in [6, 6.07) is 25.4. The van der Waals surface area contributed by atoms with E-state index in [0.717, 1.165) is 27.4 Å². The van der Waals surface area contributed by atoms with E-state index in [2.05, 4.69) is 15.5 Å². The van der Waals surface area contributed by atoms with Crippen LogP contribution in [-0.2, 0) is 4.79 Å². The summed E-state index contributed by atoms with van der Waals surface area (Å²) in [7, 11) is 0. The number of anilines is 2. The maximum atomic E-state index is 12.7. The summed E-state index contributed by atoms with van der Waals surface area (Å²) in [5.41, 5.74) is 4.75. The van der Waals surface area contributed by atoms with E-state index < -0.39 is 0 Å². The molecule has 3 aromatic carbocycles. The number of benzene rings is 3. The van der Waals surface area contributed by atoms with Gasteiger partial charge in [-0.15, -0.1) is 10.2 Å². The van der Waals surface area contributed by atoms with Crippen molar-refractivity contribution < 1.29 is 9.59 Å². The zero-order valence-electron chi connectivity index (χ0n) is 18.1. The second-order valence-electron chi connectivity index (χ2n) is 8.08. The van der Waals surface area contributed by atoms with Crippen LogP contribution in [0.15, 0.2) is 78.9 Å². The van der Waals surface area contributed by atoms with Gasteiger partial charge in [0.05, 0.1) is 0 Å². The molecular formula is C26H22N4O2S. The Morgan fingerprint density at radius 1 is 0.939 bits per heavy atom. The summed E-state index contributed by atoms with van der Waals surface area (Å²) in [4.78, 5) is 27.0. The van der Waals surface area contributed by atoms with Crippen molar-refractivity contribution in [2.24, 2.45) is 0 Å². The summed E-state index contributed by atoms with van der Waals surface area (Å²) < 4.78 is 0. The molecule has 33 heavy (non-hydrogen) atoms. The minimum atomic E-state index is -0.235. The summed E-state index contributed by atoms with van der Waals surface area (Å²) in [6.45, 7) is 2.58. The third-order valence-corrected chi connectivity index (χ3v) is 6.74. The van der Waals surface area contributed by atoms with Gasteiger partial charge in [-0.1, -0.05) is 71.5 Å². The van der Waals surface area contributed by atoms with E-state index in [9.17, 15) is 9.59 Å². The lowest BCUT2D eigenvalue weighted by Gasteiger charge is -2.16. The standard InChI is InChI=1S/C26H22N4O2S/c1-17-7-13-22(14-8-17)30-16-21(15-23(30)31)25-28-29-26(33-25)27-24(32)20-11-9-19(10-12-20)18-5-3-2-4-6-18/h2-14,21H,15-16H2,1H3,(H,27,29,32). The van der Waals surface area contributed by atoms with E-state index in [1.54, 1.807) is 17.0 Å². The number of aryl methyl sites for hydroxylation is 1. The van der Waals surface area contributed by atoms with E-state index in [1.165, 1.54) is 11.3 Å². The van der Waals surface area contributed by atoms with Gasteiger partial charge in [0, 0.05) is 30.1 Å². The number of hydrogen-bond acceptors (Lipinski definition) is 5. The molecule has 7 heteroatoms. The molecule has 1 aromatic heterocycles. The Balaban J connectivity index is 1.24. The lowest BCUT2D eigenvalue weighted by Crippen LogP contribution is -2.24. The van der Waals surface area contributed by atoms with Crippen LogP contribution < -0.4 is 10.2 Å². The molecule has 0 spiro atoms. The van der Waals surface area contributed by atoms with Crippen molar-refractivity contribution in [3.63, 3.8) is 0 Å². The Kier molecular flexibility index (Phi) is 5.71. The largest absolute Gasteiger partial charge is 0.312 e. The van der Waals surface area contributed by atoms with Crippen molar-refractivity contribution in [2.45, 2.75) is 19.3 Å². The molecule has 0 saturated carbocycles. The highest BCUT2D eigenvalue weighted by molar-refractivity contribution is 7.15. The summed E-state index contributed by atoms with van der Waals surface area (Å²) in [5.74, 6) is -0.198. The molecule has 6 nitrogen and oxygen atoms in total. The van der Waals surface area contributed by atoms with E-state index in [4.69, 9.17) is 0 Å². The first-order valence-electron chi connectivity index (χ1n) is 10.7. The molecular weight excluding hydrogens is 432 g/mol. The third-order valence-electron chi connectivity index (χ3n) is 5.74. The molecule has 1 atom stereocenters. The maximum absolute atomic E-state index is 12.7. The first-order chi connectivity index (χ1) is 16.1. The molecule has 0 radical (unpaired) electrons. The van der Waals surface area contributed by atoms with Crippen LogP contribution in [0.5, 0.6) is 0 Å². The van der Waals surface area contributed by atoms with Gasteiger partial charge in [0.15, 0.2) is 0 Å². The van der Waals surface area contributed by atoms with E-state index in [0.29, 0.717) is 23.7 Å². The van der Waals surface area contributed by atoms with Gasteiger partial charge in [-0.05, 0) is 42.3 Å². The number of nitrogens with one attached hydrogen (secondary N) is 1. The number of hydrogen-bond donors (Lipinski definition) is 1. The Morgan fingerprint density at radius 3 is 2.36 bits per heavy atom. The fraction of sp³-hybridized carbons (Fsp3) is 0.154. The van der Waals surface area contributed by atoms with E-state index in [-0.39, 0.29) is 17.7 Å². The minimum Gasteiger partial charge on any atom is -0.312 e. The maximum Gasteiger partial charge on any atom is 0.257 e. The monoisotopic (exact) mass is 454 g/mol. The van der Waals surface area contributed by atoms with Gasteiger partial charge in [-0.2, -0.15) is 0 Å². The molecule has 164 valence electrons. The van der Waals surface area contributed by atoms with Gasteiger partial charge in [-0.25, -0.2) is 0 Å². The van der Waals surface area contributed by atoms with Crippen LogP contribution in [0.3, 0.4) is 0 Å². The fourth-order valence-electron chi connectivity index (χ4n) is 3.91. The second kappa shape index (κ2) is 8.96. The van der Waals surface area contributed by atoms with Crippen LogP contribution in [-0.4, -0.2) is 28.6 Å². The molecule has 1 fully saturated rings. The summed E-state index contributed by atoms with van der Waals surface area (Å²) in [5, 5.41) is 12.4. The molecule has 0 bridgehead atoms. The number of aromatic nitrogens is 2. The molecule has 5 rings (SSSR count). The number of carbonyl (C=O) groups excluding carboxylic acids is 2. The molecule has 1 saturated heterocycles. The summed E-state index contributed by atoms with van der Waals surface area (Å²) >= 11 is 1.32. The Labute approximate surface area is 195 Å². The lowest BCUT2D eigenvalue weighted by molar-refractivity contribution is -0.117. The van der Waals surface area contributed by atoms with Crippen molar-refractivity contribution in [2.75, 3.05) is 16.8 Å². The molecule has 2 amide bonds. The number of carbonyl (C=O) groups is 2. The van der Waals surface area contributed by atoms with Crippen LogP contribution in [0.1, 0.15) is 33.3 Å². The average molecular weight is 455 g/mol. The SMILES string of the molecule is Cc1ccc(N2CC(c3nnc(NC(=O)c4ccc(-c5ccccc5)cc4)s3)CC2=O)cc1. The van der Waals surface area contributed by atoms with Crippen molar-refractivity contribution in [3.8, 4) is 11.1 Å². The highest BCUT2D eigenvalue weighted by atomic mass is 32.1. The Hall–Kier alpha value is -3.84. The van der Waals surface area contributed by atoms with Crippen LogP contribution in [0.25, 0.3) is 11.1 Å². The number of rotatable bonds is 5. The number of amides is 2. The second-order valence-corrected chi connectivity index (χ2v) is 9.09. The van der Waals surface area contributed by atoms with Crippen LogP contribution in [0.2, 0.25) is 0 Å². The highest BCUT2D eigenvalue weighted by Gasteiger charge is 2.34. The molecule has 1 N–H and O–H groups in total. The van der Waals surface area contributed by atoms with Crippen LogP contribution in [0, 0.1) is 6.92 Å². The Morgan fingerprint density at radius 2 is 1.64 bits per heavy atom. The first-order valence-corrected chi connectivity index (χ1v) is 11.6. The van der Waals surface area contributed by atoms with Gasteiger partial charge in [-0.3, -0.25) is 14.9 Å². The molecule has 0 aliphatic carbocycles. The van der Waals surface area contributed by atoms with Crippen molar-refractivity contribution in [3.05, 3.63) is 95.0 Å². The molecule has 1 aliphatic heterocycles. The van der Waals surface area contributed by atoms with Gasteiger partial charge in [0.2, 0.25) is 11.0 Å². The number of nitrogens with zero attached hydrogens (tertiary/aromatic N) is 3. The molecule has 2 heterocycles. The topological polar surface area (TPSA) is 75.2 Å². The fourth-order valence-corrected chi connectivity index (χ4v) is 4.74. The molecule has 1 aliphatic rings. The zero-order chi connectivity index (χ0) is 22.8. The van der Waals surface area contributed by atoms with Crippen molar-refractivity contribution in [1.29, 1.82) is 0 Å². The first kappa shape index (κ1) is 21.0. The smallest absolute Gasteiger partial charge is 0.257 e.